The van der Waals surface area contributed by atoms with Crippen LogP contribution in [-0.4, -0.2) is 0 Å². The Morgan fingerprint density at radius 2 is 2.08 bits per heavy atom. The zero-order valence-corrected chi connectivity index (χ0v) is 7.13. The van der Waals surface area contributed by atoms with Gasteiger partial charge in [0.2, 0.25) is 0 Å². The van der Waals surface area contributed by atoms with Crippen LogP contribution in [0, 0.1) is 5.82 Å². The fourth-order valence-corrected chi connectivity index (χ4v) is 1.32. The first-order valence-electron chi connectivity index (χ1n) is 4.22. The Bertz CT molecular complexity index is 407. The van der Waals surface area contributed by atoms with Crippen molar-refractivity contribution in [1.29, 1.82) is 0 Å². The van der Waals surface area contributed by atoms with Gasteiger partial charge in [-0.1, -0.05) is 30.4 Å². The summed E-state index contributed by atoms with van der Waals surface area (Å²) in [6, 6.07) is 6.84. The lowest BCUT2D eigenvalue weighted by Gasteiger charge is -2.00. The summed E-state index contributed by atoms with van der Waals surface area (Å²) < 4.78 is 13.2. The molecule has 0 aliphatic heterocycles. The van der Waals surface area contributed by atoms with Gasteiger partial charge in [0.05, 0.1) is 0 Å². The number of benzene rings is 1. The quantitative estimate of drug-likeness (QED) is 0.601. The largest absolute Gasteiger partial charge is 0.207 e. The minimum atomic E-state index is -0.142. The van der Waals surface area contributed by atoms with Gasteiger partial charge in [-0.25, -0.2) is 4.39 Å². The van der Waals surface area contributed by atoms with Gasteiger partial charge >= 0.3 is 0 Å². The van der Waals surface area contributed by atoms with Crippen LogP contribution in [0.15, 0.2) is 53.8 Å². The van der Waals surface area contributed by atoms with E-state index >= 15 is 0 Å². The molecule has 0 nitrogen and oxygen atoms in total. The molecule has 0 spiro atoms. The Kier molecular flexibility index (Phi) is 2.11. The molecule has 0 heterocycles. The minimum absolute atomic E-state index is 0.142. The maximum atomic E-state index is 13.2. The van der Waals surface area contributed by atoms with Gasteiger partial charge in [-0.3, -0.25) is 0 Å². The van der Waals surface area contributed by atoms with Crippen LogP contribution in [0.3, 0.4) is 0 Å². The third-order valence-electron chi connectivity index (χ3n) is 2.00. The van der Waals surface area contributed by atoms with Crippen LogP contribution in [0.25, 0.3) is 0 Å². The average molecular weight is 172 g/mol. The molecule has 0 bridgehead atoms. The van der Waals surface area contributed by atoms with E-state index in [2.05, 4.69) is 5.73 Å². The van der Waals surface area contributed by atoms with Gasteiger partial charge in [-0.15, -0.1) is 5.73 Å². The normalized spacial score (nSPS) is 13.5. The van der Waals surface area contributed by atoms with Crippen molar-refractivity contribution in [3.63, 3.8) is 0 Å². The van der Waals surface area contributed by atoms with E-state index in [-0.39, 0.29) is 5.82 Å². The highest BCUT2D eigenvalue weighted by Crippen LogP contribution is 2.14. The van der Waals surface area contributed by atoms with E-state index in [1.165, 1.54) is 6.07 Å². The predicted octanol–water partition coefficient (Wildman–Crippen LogP) is 3.02. The van der Waals surface area contributed by atoms with Crippen molar-refractivity contribution in [1.82, 2.24) is 0 Å². The van der Waals surface area contributed by atoms with Crippen LogP contribution in [-0.2, 0) is 6.42 Å². The van der Waals surface area contributed by atoms with Crippen molar-refractivity contribution < 1.29 is 4.39 Å². The molecular formula is C12H9F. The lowest BCUT2D eigenvalue weighted by molar-refractivity contribution is 0.614. The highest BCUT2D eigenvalue weighted by molar-refractivity contribution is 5.34. The van der Waals surface area contributed by atoms with E-state index in [0.29, 0.717) is 6.42 Å². The molecule has 13 heavy (non-hydrogen) atoms. The highest BCUT2D eigenvalue weighted by atomic mass is 19.1. The van der Waals surface area contributed by atoms with Crippen LogP contribution >= 0.6 is 0 Å². The van der Waals surface area contributed by atoms with Gasteiger partial charge in [-0.2, -0.15) is 0 Å². The summed E-state index contributed by atoms with van der Waals surface area (Å²) in [5.74, 6) is -0.142. The van der Waals surface area contributed by atoms with Crippen molar-refractivity contribution in [2.45, 2.75) is 6.42 Å². The van der Waals surface area contributed by atoms with Gasteiger partial charge < -0.3 is 0 Å². The fourth-order valence-electron chi connectivity index (χ4n) is 1.32. The lowest BCUT2D eigenvalue weighted by Crippen LogP contribution is -1.90. The summed E-state index contributed by atoms with van der Waals surface area (Å²) in [5, 5.41) is 0. The third-order valence-corrected chi connectivity index (χ3v) is 2.00. The standard InChI is InChI=1S/C12H9F/c13-12-8-4-3-7-11(12)9-10-5-1-2-6-10/h1-5,7-8H,9H2. The molecule has 0 atom stereocenters. The van der Waals surface area contributed by atoms with E-state index in [0.717, 1.165) is 11.1 Å². The topological polar surface area (TPSA) is 0 Å². The maximum Gasteiger partial charge on any atom is 0.126 e. The second-order valence-corrected chi connectivity index (χ2v) is 2.96. The first-order valence-corrected chi connectivity index (χ1v) is 4.22. The van der Waals surface area contributed by atoms with E-state index in [9.17, 15) is 4.39 Å². The van der Waals surface area contributed by atoms with Crippen molar-refractivity contribution in [2.75, 3.05) is 0 Å². The predicted molar refractivity (Wildman–Crippen MR) is 50.8 cm³/mol. The van der Waals surface area contributed by atoms with Crippen LogP contribution in [0.4, 0.5) is 4.39 Å². The number of hydrogen-bond acceptors (Lipinski definition) is 0. The van der Waals surface area contributed by atoms with E-state index < -0.39 is 0 Å². The van der Waals surface area contributed by atoms with Crippen molar-refractivity contribution in [3.05, 3.63) is 65.2 Å². The van der Waals surface area contributed by atoms with E-state index in [1.54, 1.807) is 12.1 Å². The molecule has 0 unspecified atom stereocenters. The molecular weight excluding hydrogens is 163 g/mol. The molecule has 64 valence electrons. The zero-order valence-electron chi connectivity index (χ0n) is 7.13. The van der Waals surface area contributed by atoms with Gasteiger partial charge in [0.15, 0.2) is 0 Å². The van der Waals surface area contributed by atoms with Crippen LogP contribution < -0.4 is 0 Å². The molecule has 1 aliphatic rings. The minimum Gasteiger partial charge on any atom is -0.207 e. The van der Waals surface area contributed by atoms with Crippen LogP contribution in [0.5, 0.6) is 0 Å². The van der Waals surface area contributed by atoms with Crippen LogP contribution in [0.1, 0.15) is 5.56 Å². The zero-order chi connectivity index (χ0) is 9.10. The second-order valence-electron chi connectivity index (χ2n) is 2.96. The number of hydrogen-bond donors (Lipinski definition) is 0. The first-order chi connectivity index (χ1) is 6.36. The van der Waals surface area contributed by atoms with E-state index in [4.69, 9.17) is 0 Å². The summed E-state index contributed by atoms with van der Waals surface area (Å²) in [7, 11) is 0. The number of halogens is 1. The van der Waals surface area contributed by atoms with Crippen molar-refractivity contribution in [3.8, 4) is 0 Å². The van der Waals surface area contributed by atoms with E-state index in [1.807, 2.05) is 24.3 Å². The molecule has 0 N–H and O–H groups in total. The maximum absolute atomic E-state index is 13.2. The summed E-state index contributed by atoms with van der Waals surface area (Å²) in [6.07, 6.45) is 6.33. The molecule has 1 aromatic carbocycles. The molecule has 0 radical (unpaired) electrons. The second kappa shape index (κ2) is 3.42. The summed E-state index contributed by atoms with van der Waals surface area (Å²) >= 11 is 0. The lowest BCUT2D eigenvalue weighted by atomic mass is 10.1. The monoisotopic (exact) mass is 172 g/mol. The van der Waals surface area contributed by atoms with Crippen molar-refractivity contribution in [2.24, 2.45) is 0 Å². The van der Waals surface area contributed by atoms with Gasteiger partial charge in [0.25, 0.3) is 0 Å². The Hall–Kier alpha value is -1.59. The summed E-state index contributed by atoms with van der Waals surface area (Å²) in [4.78, 5) is 0. The smallest absolute Gasteiger partial charge is 0.126 e. The fraction of sp³-hybridized carbons (Fsp3) is 0.0833. The Balaban J connectivity index is 2.23. The van der Waals surface area contributed by atoms with Gasteiger partial charge in [-0.05, 0) is 23.3 Å². The molecule has 0 saturated carbocycles. The van der Waals surface area contributed by atoms with Gasteiger partial charge in [0, 0.05) is 6.42 Å². The molecule has 1 aliphatic carbocycles. The molecule has 1 aromatic rings. The number of rotatable bonds is 2. The molecule has 1 heteroatoms. The highest BCUT2D eigenvalue weighted by Gasteiger charge is 2.02. The Morgan fingerprint density at radius 1 is 1.23 bits per heavy atom. The molecule has 0 fully saturated rings. The molecule has 0 saturated heterocycles. The van der Waals surface area contributed by atoms with Gasteiger partial charge in [0.1, 0.15) is 5.82 Å². The molecule has 0 aromatic heterocycles. The molecule has 2 rings (SSSR count). The Labute approximate surface area is 76.7 Å². The van der Waals surface area contributed by atoms with Crippen LogP contribution in [0.2, 0.25) is 0 Å². The average Bonchev–Trinajstić information content (AvgIpc) is 2.61. The Morgan fingerprint density at radius 3 is 2.77 bits per heavy atom. The number of allylic oxidation sites excluding steroid dienone is 3. The van der Waals surface area contributed by atoms with Crippen molar-refractivity contribution >= 4 is 0 Å². The molecule has 0 amide bonds. The SMILES string of the molecule is Fc1ccccc1CC1=C=CC=C1. The summed E-state index contributed by atoms with van der Waals surface area (Å²) in [6.45, 7) is 0. The third kappa shape index (κ3) is 1.77. The summed E-state index contributed by atoms with van der Waals surface area (Å²) in [5.41, 5.74) is 4.81. The first kappa shape index (κ1) is 8.03.